The van der Waals surface area contributed by atoms with Crippen LogP contribution in [0, 0.1) is 11.8 Å². The summed E-state index contributed by atoms with van der Waals surface area (Å²) in [5.74, 6) is -0.438. The first kappa shape index (κ1) is 96.1. The first-order valence-electron chi connectivity index (χ1n) is 41.0. The average Bonchev–Trinajstić information content (AvgIpc) is 1.11. The van der Waals surface area contributed by atoms with Crippen LogP contribution in [-0.4, -0.2) is 96.7 Å². The largest absolute Gasteiger partial charge is 0.472 e. The van der Waals surface area contributed by atoms with Crippen molar-refractivity contribution in [2.75, 3.05) is 39.6 Å². The molecule has 0 bridgehead atoms. The number of aliphatic hydroxyl groups is 1. The van der Waals surface area contributed by atoms with E-state index in [-0.39, 0.29) is 25.7 Å². The zero-order chi connectivity index (χ0) is 72.1. The Hall–Kier alpha value is -1.94. The zero-order valence-electron chi connectivity index (χ0n) is 64.1. The van der Waals surface area contributed by atoms with Gasteiger partial charge in [0, 0.05) is 25.7 Å². The number of hydrogen-bond donors (Lipinski definition) is 3. The molecule has 0 radical (unpaired) electrons. The number of ether oxygens (including phenoxy) is 4. The molecule has 0 amide bonds. The van der Waals surface area contributed by atoms with Gasteiger partial charge in [-0.1, -0.05) is 363 Å². The zero-order valence-corrected chi connectivity index (χ0v) is 65.9. The molecular weight excluding hydrogens is 1280 g/mol. The molecule has 0 fully saturated rings. The lowest BCUT2D eigenvalue weighted by molar-refractivity contribution is -0.161. The lowest BCUT2D eigenvalue weighted by atomic mass is 9.99. The molecule has 0 aliphatic heterocycles. The van der Waals surface area contributed by atoms with Crippen LogP contribution < -0.4 is 0 Å². The lowest BCUT2D eigenvalue weighted by Crippen LogP contribution is -2.30. The standard InChI is InChI=1S/C79H154O17P2/c1-7-10-12-14-16-18-38-45-51-57-63-78(83)95-74(67-89-76(81)61-55-49-43-17-15-13-11-8-2)69-93-97(85,86)91-65-73(80)66-92-98(87,88)94-70-75(68-90-77(82)62-56-50-44-39-34-30-27-23-24-28-32-36-41-47-53-59-71(4)5)96-79(84)64-58-52-46-40-35-31-26-22-20-19-21-25-29-33-37-42-48-54-60-72(6)9-3/h71-75,80H,7-70H2,1-6H3,(H,85,86)(H,87,88)/t72?,73-,74+,75+/m0/s1. The Labute approximate surface area is 600 Å². The van der Waals surface area contributed by atoms with E-state index in [1.54, 1.807) is 0 Å². The van der Waals surface area contributed by atoms with Crippen LogP contribution in [0.5, 0.6) is 0 Å². The quantitative estimate of drug-likeness (QED) is 0.0222. The molecule has 582 valence electrons. The Morgan fingerprint density at radius 3 is 0.776 bits per heavy atom. The van der Waals surface area contributed by atoms with Gasteiger partial charge in [0.1, 0.15) is 19.3 Å². The van der Waals surface area contributed by atoms with Gasteiger partial charge in [0.05, 0.1) is 26.4 Å². The maximum absolute atomic E-state index is 13.1. The van der Waals surface area contributed by atoms with Crippen LogP contribution in [0.3, 0.4) is 0 Å². The molecule has 6 atom stereocenters. The van der Waals surface area contributed by atoms with Gasteiger partial charge >= 0.3 is 39.5 Å². The van der Waals surface area contributed by atoms with Crippen molar-refractivity contribution in [3.8, 4) is 0 Å². The van der Waals surface area contributed by atoms with Crippen molar-refractivity contribution in [1.29, 1.82) is 0 Å². The number of esters is 4. The number of aliphatic hydroxyl groups excluding tert-OH is 1. The molecule has 0 heterocycles. The number of rotatable bonds is 78. The van der Waals surface area contributed by atoms with Crippen LogP contribution >= 0.6 is 15.6 Å². The maximum Gasteiger partial charge on any atom is 0.472 e. The number of hydrogen-bond acceptors (Lipinski definition) is 15. The molecule has 0 aliphatic carbocycles. The van der Waals surface area contributed by atoms with E-state index in [0.717, 1.165) is 108 Å². The van der Waals surface area contributed by atoms with Crippen LogP contribution in [0.4, 0.5) is 0 Å². The minimum atomic E-state index is -4.96. The topological polar surface area (TPSA) is 237 Å². The number of carbonyl (C=O) groups excluding carboxylic acids is 4. The third-order valence-corrected chi connectivity index (χ3v) is 20.7. The first-order valence-corrected chi connectivity index (χ1v) is 44.0. The van der Waals surface area contributed by atoms with Crippen molar-refractivity contribution in [3.63, 3.8) is 0 Å². The van der Waals surface area contributed by atoms with Crippen molar-refractivity contribution >= 4 is 39.5 Å². The van der Waals surface area contributed by atoms with Gasteiger partial charge in [-0.15, -0.1) is 0 Å². The highest BCUT2D eigenvalue weighted by Gasteiger charge is 2.30. The third kappa shape index (κ3) is 71.1. The fourth-order valence-electron chi connectivity index (χ4n) is 12.2. The fraction of sp³-hybridized carbons (Fsp3) is 0.949. The summed E-state index contributed by atoms with van der Waals surface area (Å²) in [5.41, 5.74) is 0. The molecule has 17 nitrogen and oxygen atoms in total. The molecule has 0 aromatic rings. The summed E-state index contributed by atoms with van der Waals surface area (Å²) in [6.45, 7) is 9.67. The molecule has 0 spiro atoms. The van der Waals surface area contributed by atoms with Crippen LogP contribution in [0.2, 0.25) is 0 Å². The number of phosphoric acid groups is 2. The van der Waals surface area contributed by atoms with Crippen LogP contribution in [-0.2, 0) is 65.4 Å². The van der Waals surface area contributed by atoms with Gasteiger partial charge in [-0.25, -0.2) is 9.13 Å². The van der Waals surface area contributed by atoms with Gasteiger partial charge in [-0.3, -0.25) is 37.3 Å². The number of carbonyl (C=O) groups is 4. The van der Waals surface area contributed by atoms with Gasteiger partial charge in [-0.2, -0.15) is 0 Å². The predicted molar refractivity (Wildman–Crippen MR) is 400 cm³/mol. The van der Waals surface area contributed by atoms with E-state index in [1.807, 2.05) is 0 Å². The summed E-state index contributed by atoms with van der Waals surface area (Å²) in [6.07, 6.45) is 59.8. The van der Waals surface area contributed by atoms with Crippen LogP contribution in [0.15, 0.2) is 0 Å². The third-order valence-electron chi connectivity index (χ3n) is 18.8. The second kappa shape index (κ2) is 70.7. The van der Waals surface area contributed by atoms with Gasteiger partial charge in [-0.05, 0) is 37.5 Å². The SMILES string of the molecule is CCCCCCCCCCCCC(=O)O[C@H](COC(=O)CCCCCCCCCC)COP(=O)(O)OC[C@H](O)COP(=O)(O)OC[C@@H](COC(=O)CCCCCCCCCCCCCCCCCC(C)C)OC(=O)CCCCCCCCCCCCCCCCCCCCC(C)CC. The monoisotopic (exact) mass is 1440 g/mol. The van der Waals surface area contributed by atoms with Crippen molar-refractivity contribution in [2.24, 2.45) is 11.8 Å². The second-order valence-electron chi connectivity index (χ2n) is 29.2. The van der Waals surface area contributed by atoms with Crippen molar-refractivity contribution in [3.05, 3.63) is 0 Å². The first-order chi connectivity index (χ1) is 47.4. The van der Waals surface area contributed by atoms with E-state index < -0.39 is 97.5 Å². The molecular formula is C79H154O17P2. The summed E-state index contributed by atoms with van der Waals surface area (Å²) in [6, 6.07) is 0. The Morgan fingerprint density at radius 1 is 0.296 bits per heavy atom. The van der Waals surface area contributed by atoms with E-state index >= 15 is 0 Å². The highest BCUT2D eigenvalue weighted by molar-refractivity contribution is 7.47. The van der Waals surface area contributed by atoms with Crippen molar-refractivity contribution in [2.45, 2.75) is 432 Å². The Kier molecular flexibility index (Phi) is 69.3. The molecule has 0 rings (SSSR count). The Balaban J connectivity index is 5.16. The minimum absolute atomic E-state index is 0.106. The summed E-state index contributed by atoms with van der Waals surface area (Å²) < 4.78 is 68.5. The van der Waals surface area contributed by atoms with Crippen molar-refractivity contribution in [1.82, 2.24) is 0 Å². The average molecular weight is 1440 g/mol. The molecule has 0 aromatic carbocycles. The minimum Gasteiger partial charge on any atom is -0.462 e. The highest BCUT2D eigenvalue weighted by Crippen LogP contribution is 2.45. The Bertz CT molecular complexity index is 1890. The smallest absolute Gasteiger partial charge is 0.462 e. The number of unbranched alkanes of at least 4 members (excludes halogenated alkanes) is 47. The van der Waals surface area contributed by atoms with Gasteiger partial charge in [0.25, 0.3) is 0 Å². The van der Waals surface area contributed by atoms with Gasteiger partial charge in [0.2, 0.25) is 0 Å². The molecule has 3 unspecified atom stereocenters. The van der Waals surface area contributed by atoms with E-state index in [1.165, 1.54) is 225 Å². The normalized spacial score (nSPS) is 14.2. The summed E-state index contributed by atoms with van der Waals surface area (Å²) >= 11 is 0. The molecule has 0 saturated carbocycles. The second-order valence-corrected chi connectivity index (χ2v) is 32.1. The molecule has 98 heavy (non-hydrogen) atoms. The van der Waals surface area contributed by atoms with Gasteiger partial charge < -0.3 is 33.8 Å². The summed E-state index contributed by atoms with van der Waals surface area (Å²) in [4.78, 5) is 72.7. The molecule has 0 aliphatic rings. The van der Waals surface area contributed by atoms with Crippen LogP contribution in [0.25, 0.3) is 0 Å². The maximum atomic E-state index is 13.1. The summed E-state index contributed by atoms with van der Waals surface area (Å²) in [7, 11) is -9.91. The van der Waals surface area contributed by atoms with Crippen molar-refractivity contribution < 1.29 is 80.2 Å². The molecule has 0 aromatic heterocycles. The Morgan fingerprint density at radius 2 is 0.520 bits per heavy atom. The summed E-state index contributed by atoms with van der Waals surface area (Å²) in [5, 5.41) is 10.6. The fourth-order valence-corrected chi connectivity index (χ4v) is 13.7. The lowest BCUT2D eigenvalue weighted by Gasteiger charge is -2.21. The van der Waals surface area contributed by atoms with E-state index in [2.05, 4.69) is 41.5 Å². The predicted octanol–water partition coefficient (Wildman–Crippen LogP) is 23.5. The van der Waals surface area contributed by atoms with Crippen LogP contribution in [0.1, 0.15) is 414 Å². The molecule has 19 heteroatoms. The molecule has 0 saturated heterocycles. The highest BCUT2D eigenvalue weighted by atomic mass is 31.2. The van der Waals surface area contributed by atoms with E-state index in [9.17, 15) is 43.2 Å². The van der Waals surface area contributed by atoms with E-state index in [0.29, 0.717) is 25.7 Å². The molecule has 3 N–H and O–H groups in total. The van der Waals surface area contributed by atoms with E-state index in [4.69, 9.17) is 37.0 Å². The van der Waals surface area contributed by atoms with Gasteiger partial charge in [0.15, 0.2) is 12.2 Å². The number of phosphoric ester groups is 2.